The average Bonchev–Trinajstić information content (AvgIpc) is 2.56. The van der Waals surface area contributed by atoms with Gasteiger partial charge in [-0.2, -0.15) is 0 Å². The fourth-order valence-electron chi connectivity index (χ4n) is 2.45. The van der Waals surface area contributed by atoms with Crippen molar-refractivity contribution in [1.82, 2.24) is 5.32 Å². The third-order valence-corrected chi connectivity index (χ3v) is 3.96. The van der Waals surface area contributed by atoms with E-state index in [2.05, 4.69) is 41.6 Å². The summed E-state index contributed by atoms with van der Waals surface area (Å²) in [7, 11) is 4.13. The molecule has 0 saturated heterocycles. The highest BCUT2D eigenvalue weighted by atomic mass is 32.1. The molecule has 140 valence electrons. The first-order chi connectivity index (χ1) is 12.2. The molecule has 2 aromatic rings. The Morgan fingerprint density at radius 1 is 1.08 bits per heavy atom. The first-order valence-electron chi connectivity index (χ1n) is 8.00. The summed E-state index contributed by atoms with van der Waals surface area (Å²) in [5.41, 5.74) is 1.77. The highest BCUT2D eigenvalue weighted by molar-refractivity contribution is 7.80. The summed E-state index contributed by atoms with van der Waals surface area (Å²) in [5.74, 6) is -0.276. The minimum Gasteiger partial charge on any atom is -0.406 e. The van der Waals surface area contributed by atoms with Gasteiger partial charge in [-0.05, 0) is 36.5 Å². The summed E-state index contributed by atoms with van der Waals surface area (Å²) >= 11 is 5.27. The molecule has 0 unspecified atom stereocenters. The van der Waals surface area contributed by atoms with Crippen LogP contribution in [-0.4, -0.2) is 32.1 Å². The number of anilines is 1. The number of thiocarbonyl (C=S) groups is 1. The number of likely N-dealkylation sites (N-methyl/N-ethyl adjacent to an activating group) is 1. The molecule has 0 heterocycles. The van der Waals surface area contributed by atoms with Gasteiger partial charge in [0.2, 0.25) is 0 Å². The molecule has 0 aromatic heterocycles. The second-order valence-corrected chi connectivity index (χ2v) is 6.36. The molecule has 3 N–H and O–H groups in total. The number of alkyl halides is 3. The fraction of sp³-hybridized carbons (Fsp3) is 0.278. The smallest absolute Gasteiger partial charge is 0.406 e. The van der Waals surface area contributed by atoms with Crippen LogP contribution >= 0.6 is 12.2 Å². The molecule has 0 bridgehead atoms. The van der Waals surface area contributed by atoms with Crippen molar-refractivity contribution in [2.45, 2.75) is 12.4 Å². The molecule has 4 nitrogen and oxygen atoms in total. The topological polar surface area (TPSA) is 37.7 Å². The molecular formula is C18H21F3N3OS+. The first-order valence-corrected chi connectivity index (χ1v) is 8.41. The molecule has 0 fully saturated rings. The van der Waals surface area contributed by atoms with Crippen molar-refractivity contribution in [1.29, 1.82) is 0 Å². The van der Waals surface area contributed by atoms with Crippen LogP contribution in [-0.2, 0) is 0 Å². The summed E-state index contributed by atoms with van der Waals surface area (Å²) in [4.78, 5) is 1.25. The van der Waals surface area contributed by atoms with Gasteiger partial charge in [0.1, 0.15) is 11.8 Å². The molecule has 2 rings (SSSR count). The zero-order valence-electron chi connectivity index (χ0n) is 14.4. The molecule has 0 amide bonds. The molecule has 0 aliphatic carbocycles. The van der Waals surface area contributed by atoms with E-state index in [1.807, 2.05) is 18.2 Å². The molecule has 8 heteroatoms. The minimum atomic E-state index is -4.70. The Bertz CT molecular complexity index is 706. The lowest BCUT2D eigenvalue weighted by atomic mass is 10.1. The molecule has 26 heavy (non-hydrogen) atoms. The maximum absolute atomic E-state index is 12.2. The van der Waals surface area contributed by atoms with Crippen molar-refractivity contribution in [3.63, 3.8) is 0 Å². The number of benzene rings is 2. The van der Waals surface area contributed by atoms with Crippen LogP contribution in [0.3, 0.4) is 0 Å². The van der Waals surface area contributed by atoms with E-state index in [0.29, 0.717) is 17.3 Å². The van der Waals surface area contributed by atoms with Gasteiger partial charge < -0.3 is 20.3 Å². The summed E-state index contributed by atoms with van der Waals surface area (Å²) in [6.45, 7) is 0.619. The Balaban J connectivity index is 1.89. The normalized spacial score (nSPS) is 12.5. The van der Waals surface area contributed by atoms with Gasteiger partial charge in [-0.15, -0.1) is 13.2 Å². The number of hydrogen-bond donors (Lipinski definition) is 3. The highest BCUT2D eigenvalue weighted by Crippen LogP contribution is 2.23. The predicted molar refractivity (Wildman–Crippen MR) is 99.3 cm³/mol. The van der Waals surface area contributed by atoms with Gasteiger partial charge in [-0.25, -0.2) is 0 Å². The van der Waals surface area contributed by atoms with Crippen molar-refractivity contribution in [3.8, 4) is 5.75 Å². The van der Waals surface area contributed by atoms with Crippen LogP contribution in [0.2, 0.25) is 0 Å². The van der Waals surface area contributed by atoms with Gasteiger partial charge in [-0.3, -0.25) is 0 Å². The van der Waals surface area contributed by atoms with Gasteiger partial charge in [0.05, 0.1) is 20.6 Å². The zero-order valence-corrected chi connectivity index (χ0v) is 15.2. The van der Waals surface area contributed by atoms with E-state index < -0.39 is 6.36 Å². The first kappa shape index (κ1) is 20.0. The number of hydrogen-bond acceptors (Lipinski definition) is 2. The van der Waals surface area contributed by atoms with E-state index >= 15 is 0 Å². The summed E-state index contributed by atoms with van der Waals surface area (Å²) < 4.78 is 40.3. The number of ether oxygens (including phenoxy) is 1. The van der Waals surface area contributed by atoms with Gasteiger partial charge in [-0.1, -0.05) is 30.3 Å². The van der Waals surface area contributed by atoms with Gasteiger partial charge in [0.25, 0.3) is 0 Å². The highest BCUT2D eigenvalue weighted by Gasteiger charge is 2.30. The third kappa shape index (κ3) is 6.53. The van der Waals surface area contributed by atoms with E-state index in [4.69, 9.17) is 12.2 Å². The molecule has 0 radical (unpaired) electrons. The van der Waals surface area contributed by atoms with Gasteiger partial charge >= 0.3 is 6.36 Å². The molecule has 0 spiro atoms. The van der Waals surface area contributed by atoms with Crippen molar-refractivity contribution in [3.05, 3.63) is 60.2 Å². The standard InChI is InChI=1S/C18H20F3N3OS/c1-24(2)16(13-6-4-3-5-7-13)12-22-17(26)23-14-8-10-15(11-9-14)25-18(19,20)21/h3-11,16H,12H2,1-2H3,(H2,22,23,26)/p+1/t16-/m0/s1. The number of nitrogens with one attached hydrogen (secondary N) is 3. The Morgan fingerprint density at radius 3 is 2.23 bits per heavy atom. The maximum atomic E-state index is 12.2. The van der Waals surface area contributed by atoms with Crippen LogP contribution in [0.25, 0.3) is 0 Å². The van der Waals surface area contributed by atoms with Crippen LogP contribution in [0.4, 0.5) is 18.9 Å². The molecule has 0 saturated carbocycles. The Hall–Kier alpha value is -2.32. The van der Waals surface area contributed by atoms with Crippen LogP contribution < -0.4 is 20.3 Å². The summed E-state index contributed by atoms with van der Waals surface area (Å²) in [6, 6.07) is 15.7. The van der Waals surface area contributed by atoms with E-state index in [0.717, 1.165) is 0 Å². The van der Waals surface area contributed by atoms with Gasteiger partial charge in [0.15, 0.2) is 5.11 Å². The van der Waals surface area contributed by atoms with E-state index in [-0.39, 0.29) is 11.8 Å². The lowest BCUT2D eigenvalue weighted by Crippen LogP contribution is -3.07. The summed E-state index contributed by atoms with van der Waals surface area (Å²) in [6.07, 6.45) is -4.70. The lowest BCUT2D eigenvalue weighted by Gasteiger charge is -2.23. The lowest BCUT2D eigenvalue weighted by molar-refractivity contribution is -0.890. The van der Waals surface area contributed by atoms with E-state index in [9.17, 15) is 13.2 Å². The Labute approximate surface area is 156 Å². The van der Waals surface area contributed by atoms with Crippen LogP contribution in [0.15, 0.2) is 54.6 Å². The zero-order chi connectivity index (χ0) is 19.2. The van der Waals surface area contributed by atoms with Crippen LogP contribution in [0.5, 0.6) is 5.75 Å². The molecule has 2 aromatic carbocycles. The largest absolute Gasteiger partial charge is 0.573 e. The molecule has 1 atom stereocenters. The Morgan fingerprint density at radius 2 is 1.69 bits per heavy atom. The van der Waals surface area contributed by atoms with Crippen molar-refractivity contribution in [2.24, 2.45) is 0 Å². The quantitative estimate of drug-likeness (QED) is 0.670. The second kappa shape index (κ2) is 8.86. The van der Waals surface area contributed by atoms with Crippen molar-refractivity contribution < 1.29 is 22.8 Å². The average molecular weight is 384 g/mol. The predicted octanol–water partition coefficient (Wildman–Crippen LogP) is 2.76. The van der Waals surface area contributed by atoms with Crippen LogP contribution in [0.1, 0.15) is 11.6 Å². The number of rotatable bonds is 6. The van der Waals surface area contributed by atoms with E-state index in [1.54, 1.807) is 0 Å². The molecule has 0 aliphatic heterocycles. The molecular weight excluding hydrogens is 363 g/mol. The van der Waals surface area contributed by atoms with Crippen molar-refractivity contribution >= 4 is 23.0 Å². The maximum Gasteiger partial charge on any atom is 0.573 e. The van der Waals surface area contributed by atoms with E-state index in [1.165, 1.54) is 34.7 Å². The number of halogens is 3. The molecule has 0 aliphatic rings. The SMILES string of the molecule is C[NH+](C)[C@@H](CNC(=S)Nc1ccc(OC(F)(F)F)cc1)c1ccccc1. The Kier molecular flexibility index (Phi) is 6.82. The minimum absolute atomic E-state index is 0.207. The van der Waals surface area contributed by atoms with Crippen LogP contribution in [0, 0.1) is 0 Å². The third-order valence-electron chi connectivity index (χ3n) is 3.71. The van der Waals surface area contributed by atoms with Gasteiger partial charge in [0, 0.05) is 11.3 Å². The fourth-order valence-corrected chi connectivity index (χ4v) is 2.65. The van der Waals surface area contributed by atoms with Crippen molar-refractivity contribution in [2.75, 3.05) is 26.0 Å². The number of quaternary nitrogens is 1. The monoisotopic (exact) mass is 384 g/mol. The summed E-state index contributed by atoms with van der Waals surface area (Å²) in [5, 5.41) is 6.50. The second-order valence-electron chi connectivity index (χ2n) is 5.95.